The summed E-state index contributed by atoms with van der Waals surface area (Å²) in [5.41, 5.74) is 3.16. The molecule has 0 fully saturated rings. The number of halogens is 2. The van der Waals surface area contributed by atoms with E-state index in [1.54, 1.807) is 19.1 Å². The van der Waals surface area contributed by atoms with Crippen LogP contribution in [-0.2, 0) is 25.8 Å². The van der Waals surface area contributed by atoms with E-state index < -0.39 is 11.8 Å². The van der Waals surface area contributed by atoms with E-state index in [1.807, 2.05) is 13.0 Å². The number of oxime groups is 2. The second-order valence-corrected chi connectivity index (χ2v) is 6.20. The van der Waals surface area contributed by atoms with Crippen molar-refractivity contribution >= 4 is 29.0 Å². The van der Waals surface area contributed by atoms with Gasteiger partial charge in [-0.2, -0.15) is 0 Å². The van der Waals surface area contributed by atoms with E-state index in [1.165, 1.54) is 32.4 Å². The lowest BCUT2D eigenvalue weighted by molar-refractivity contribution is -0.132. The van der Waals surface area contributed by atoms with Crippen LogP contribution in [0.5, 0.6) is 0 Å². The van der Waals surface area contributed by atoms with Crippen LogP contribution in [0.2, 0.25) is 5.02 Å². The van der Waals surface area contributed by atoms with Crippen molar-refractivity contribution in [3.63, 3.8) is 0 Å². The predicted octanol–water partition coefficient (Wildman–Crippen LogP) is 4.25. The fourth-order valence-corrected chi connectivity index (χ4v) is 2.83. The molecule has 0 aromatic heterocycles. The number of nitrogens with zero attached hydrogens (tertiary/aromatic N) is 2. The van der Waals surface area contributed by atoms with Gasteiger partial charge >= 0.3 is 5.97 Å². The average molecular weight is 407 g/mol. The van der Waals surface area contributed by atoms with Crippen LogP contribution >= 0.6 is 11.6 Å². The van der Waals surface area contributed by atoms with Crippen molar-refractivity contribution in [3.05, 3.63) is 69.5 Å². The highest BCUT2D eigenvalue weighted by molar-refractivity contribution is 6.43. The van der Waals surface area contributed by atoms with Gasteiger partial charge in [0.05, 0.1) is 17.8 Å². The van der Waals surface area contributed by atoms with Crippen LogP contribution in [0.15, 0.2) is 46.7 Å². The summed E-state index contributed by atoms with van der Waals surface area (Å²) in [4.78, 5) is 22.3. The van der Waals surface area contributed by atoms with Crippen molar-refractivity contribution in [1.82, 2.24) is 0 Å². The number of hydrogen-bond acceptors (Lipinski definition) is 6. The zero-order chi connectivity index (χ0) is 20.7. The van der Waals surface area contributed by atoms with E-state index in [0.717, 1.165) is 5.56 Å². The molecule has 0 radical (unpaired) electrons. The van der Waals surface area contributed by atoms with Gasteiger partial charge in [0.25, 0.3) is 0 Å². The van der Waals surface area contributed by atoms with Crippen LogP contribution < -0.4 is 0 Å². The molecule has 28 heavy (non-hydrogen) atoms. The molecular weight excluding hydrogens is 387 g/mol. The minimum atomic E-state index is -0.633. The fraction of sp³-hybridized carbons (Fsp3) is 0.250. The third-order valence-corrected chi connectivity index (χ3v) is 4.27. The van der Waals surface area contributed by atoms with Crippen molar-refractivity contribution in [2.75, 3.05) is 14.2 Å². The van der Waals surface area contributed by atoms with E-state index in [2.05, 4.69) is 10.3 Å². The second-order valence-electron chi connectivity index (χ2n) is 5.79. The van der Waals surface area contributed by atoms with Gasteiger partial charge in [-0.15, -0.1) is 0 Å². The molecule has 0 saturated carbocycles. The Kier molecular flexibility index (Phi) is 7.52. The zero-order valence-corrected chi connectivity index (χ0v) is 16.7. The lowest BCUT2D eigenvalue weighted by atomic mass is 9.99. The van der Waals surface area contributed by atoms with Crippen molar-refractivity contribution < 1.29 is 23.6 Å². The van der Waals surface area contributed by atoms with Gasteiger partial charge in [0.15, 0.2) is 5.71 Å². The van der Waals surface area contributed by atoms with Crippen molar-refractivity contribution in [2.45, 2.75) is 20.5 Å². The molecule has 0 atom stereocenters. The van der Waals surface area contributed by atoms with Gasteiger partial charge in [-0.25, -0.2) is 9.18 Å². The zero-order valence-electron chi connectivity index (χ0n) is 16.0. The van der Waals surface area contributed by atoms with Gasteiger partial charge in [0.1, 0.15) is 19.5 Å². The minimum Gasteiger partial charge on any atom is -0.464 e. The van der Waals surface area contributed by atoms with Gasteiger partial charge < -0.3 is 14.4 Å². The molecule has 2 aromatic rings. The van der Waals surface area contributed by atoms with Crippen molar-refractivity contribution in [2.24, 2.45) is 10.3 Å². The summed E-state index contributed by atoms with van der Waals surface area (Å²) in [5.74, 6) is -1.06. The standard InChI is InChI=1S/C20H20ClFN2O4/c1-12-6-5-7-16(19(24-27-4)20(25)26-3)17(12)11-28-23-13(2)15-9-8-14(22)10-18(15)21/h5-10H,11H2,1-4H3/b23-13+,24-19+. The van der Waals surface area contributed by atoms with Gasteiger partial charge in [0.2, 0.25) is 0 Å². The molecule has 0 spiro atoms. The maximum absolute atomic E-state index is 13.2. The minimum absolute atomic E-state index is 0.0228. The summed E-state index contributed by atoms with van der Waals surface area (Å²) < 4.78 is 18.0. The molecule has 0 heterocycles. The quantitative estimate of drug-likeness (QED) is 0.391. The molecule has 6 nitrogen and oxygen atoms in total. The highest BCUT2D eigenvalue weighted by atomic mass is 35.5. The van der Waals surface area contributed by atoms with E-state index in [9.17, 15) is 9.18 Å². The SMILES string of the molecule is CO/N=C(/C(=O)OC)c1cccc(C)c1CO/N=C(\C)c1ccc(F)cc1Cl. The number of methoxy groups -OCH3 is 1. The molecule has 8 heteroatoms. The Morgan fingerprint density at radius 1 is 1.14 bits per heavy atom. The summed E-state index contributed by atoms with van der Waals surface area (Å²) in [6.45, 7) is 3.64. The summed E-state index contributed by atoms with van der Waals surface area (Å²) in [6.07, 6.45) is 0. The van der Waals surface area contributed by atoms with Crippen LogP contribution in [0, 0.1) is 12.7 Å². The van der Waals surface area contributed by atoms with Crippen molar-refractivity contribution in [3.8, 4) is 0 Å². The molecule has 2 rings (SSSR count). The number of carbonyl (C=O) groups excluding carboxylic acids is 1. The first-order chi connectivity index (χ1) is 13.4. The molecule has 0 bridgehead atoms. The molecule has 0 aliphatic rings. The van der Waals surface area contributed by atoms with Gasteiger partial charge in [0, 0.05) is 16.7 Å². The van der Waals surface area contributed by atoms with E-state index in [4.69, 9.17) is 26.0 Å². The molecule has 0 amide bonds. The lowest BCUT2D eigenvalue weighted by Crippen LogP contribution is -2.20. The van der Waals surface area contributed by atoms with Gasteiger partial charge in [-0.1, -0.05) is 40.1 Å². The number of hydrogen-bond donors (Lipinski definition) is 0. The first-order valence-electron chi connectivity index (χ1n) is 8.29. The molecule has 0 unspecified atom stereocenters. The average Bonchev–Trinajstić information content (AvgIpc) is 2.66. The lowest BCUT2D eigenvalue weighted by Gasteiger charge is -2.12. The fourth-order valence-electron chi connectivity index (χ4n) is 2.53. The van der Waals surface area contributed by atoms with Crippen LogP contribution in [0.3, 0.4) is 0 Å². The number of aryl methyl sites for hydroxylation is 1. The maximum Gasteiger partial charge on any atom is 0.360 e. The summed E-state index contributed by atoms with van der Waals surface area (Å²) in [7, 11) is 2.61. The van der Waals surface area contributed by atoms with Gasteiger partial charge in [-0.3, -0.25) is 0 Å². The Bertz CT molecular complexity index is 928. The Morgan fingerprint density at radius 3 is 2.54 bits per heavy atom. The largest absolute Gasteiger partial charge is 0.464 e. The molecule has 0 aliphatic carbocycles. The van der Waals surface area contributed by atoms with Gasteiger partial charge in [-0.05, 0) is 37.6 Å². The highest BCUT2D eigenvalue weighted by Gasteiger charge is 2.20. The number of esters is 1. The van der Waals surface area contributed by atoms with Crippen LogP contribution in [0.4, 0.5) is 4.39 Å². The Hall–Kier alpha value is -2.93. The third-order valence-electron chi connectivity index (χ3n) is 3.96. The molecule has 148 valence electrons. The number of rotatable bonds is 7. The molecule has 2 aromatic carbocycles. The first-order valence-corrected chi connectivity index (χ1v) is 8.67. The summed E-state index contributed by atoms with van der Waals surface area (Å²) in [5, 5.41) is 8.07. The smallest absolute Gasteiger partial charge is 0.360 e. The van der Waals surface area contributed by atoms with Crippen LogP contribution in [0.1, 0.15) is 29.2 Å². The van der Waals surface area contributed by atoms with Crippen LogP contribution in [-0.4, -0.2) is 31.6 Å². The van der Waals surface area contributed by atoms with Crippen LogP contribution in [0.25, 0.3) is 0 Å². The van der Waals surface area contributed by atoms with Crippen molar-refractivity contribution in [1.29, 1.82) is 0 Å². The Balaban J connectivity index is 2.29. The molecule has 0 aliphatic heterocycles. The van der Waals surface area contributed by atoms with E-state index in [0.29, 0.717) is 22.4 Å². The topological polar surface area (TPSA) is 69.5 Å². The summed E-state index contributed by atoms with van der Waals surface area (Å²) >= 11 is 6.04. The predicted molar refractivity (Wildman–Crippen MR) is 105 cm³/mol. The van der Waals surface area contributed by atoms with E-state index >= 15 is 0 Å². The summed E-state index contributed by atoms with van der Waals surface area (Å²) in [6, 6.07) is 9.41. The molecule has 0 saturated heterocycles. The van der Waals surface area contributed by atoms with E-state index in [-0.39, 0.29) is 17.3 Å². The number of benzene rings is 2. The Labute approximate surface area is 167 Å². The number of ether oxygens (including phenoxy) is 1. The second kappa shape index (κ2) is 9.85. The third kappa shape index (κ3) is 5.07. The highest BCUT2D eigenvalue weighted by Crippen LogP contribution is 2.20. The number of carbonyl (C=O) groups is 1. The first kappa shape index (κ1) is 21.4. The maximum atomic E-state index is 13.2. The monoisotopic (exact) mass is 406 g/mol. The molecular formula is C20H20ClFN2O4. The Morgan fingerprint density at radius 2 is 1.89 bits per heavy atom. The normalized spacial score (nSPS) is 11.9. The molecule has 0 N–H and O–H groups in total.